The van der Waals surface area contributed by atoms with Crippen LogP contribution in [-0.4, -0.2) is 59.6 Å². The second kappa shape index (κ2) is 13.3. The zero-order valence-corrected chi connectivity index (χ0v) is 23.7. The van der Waals surface area contributed by atoms with Gasteiger partial charge in [0.1, 0.15) is 11.9 Å². The minimum atomic E-state index is -4.54. The van der Waals surface area contributed by atoms with Crippen LogP contribution in [0.15, 0.2) is 42.5 Å². The number of hydrogen-bond acceptors (Lipinski definition) is 4. The molecule has 0 aromatic heterocycles. The Morgan fingerprint density at radius 1 is 1.12 bits per heavy atom. The third-order valence-electron chi connectivity index (χ3n) is 8.81. The summed E-state index contributed by atoms with van der Waals surface area (Å²) in [5.41, 5.74) is 0.304. The summed E-state index contributed by atoms with van der Waals surface area (Å²) < 4.78 is 53.9. The Kier molecular flexibility index (Phi) is 10.1. The molecule has 0 bridgehead atoms. The molecule has 222 valence electrons. The molecule has 2 saturated heterocycles. The number of alkyl halides is 3. The molecule has 9 heteroatoms. The summed E-state index contributed by atoms with van der Waals surface area (Å²) in [6.07, 6.45) is -0.256. The van der Waals surface area contributed by atoms with Gasteiger partial charge in [-0.05, 0) is 91.9 Å². The van der Waals surface area contributed by atoms with Gasteiger partial charge in [-0.25, -0.2) is 4.39 Å². The van der Waals surface area contributed by atoms with E-state index in [0.29, 0.717) is 31.0 Å². The van der Waals surface area contributed by atoms with Crippen LogP contribution in [0, 0.1) is 34.9 Å². The lowest BCUT2D eigenvalue weighted by molar-refractivity contribution is -0.144. The molecular weight excluding hydrogens is 534 g/mol. The Bertz CT molecular complexity index is 1230. The van der Waals surface area contributed by atoms with Crippen molar-refractivity contribution in [3.63, 3.8) is 0 Å². The van der Waals surface area contributed by atoms with Crippen LogP contribution in [0.3, 0.4) is 0 Å². The minimum Gasteiger partial charge on any atom is -0.480 e. The van der Waals surface area contributed by atoms with E-state index >= 15 is 0 Å². The maximum atomic E-state index is 14.1. The summed E-state index contributed by atoms with van der Waals surface area (Å²) in [4.78, 5) is 16.5. The molecule has 3 atom stereocenters. The number of aliphatic carboxylic acids is 1. The number of nitriles is 1. The summed E-state index contributed by atoms with van der Waals surface area (Å²) in [5, 5.41) is 18.9. The van der Waals surface area contributed by atoms with Crippen molar-refractivity contribution < 1.29 is 27.5 Å². The van der Waals surface area contributed by atoms with E-state index in [1.54, 1.807) is 24.3 Å². The third kappa shape index (κ3) is 7.87. The number of hydrogen-bond donors (Lipinski definition) is 1. The highest BCUT2D eigenvalue weighted by Gasteiger charge is 2.41. The van der Waals surface area contributed by atoms with Gasteiger partial charge < -0.3 is 10.0 Å². The van der Waals surface area contributed by atoms with Gasteiger partial charge in [0, 0.05) is 25.6 Å². The number of piperidine rings is 1. The molecule has 2 fully saturated rings. The Morgan fingerprint density at radius 2 is 1.85 bits per heavy atom. The van der Waals surface area contributed by atoms with E-state index in [-0.39, 0.29) is 29.1 Å². The number of carboxylic acids is 1. The van der Waals surface area contributed by atoms with Crippen molar-refractivity contribution in [2.45, 2.75) is 64.1 Å². The number of aryl methyl sites for hydroxylation is 1. The maximum absolute atomic E-state index is 14.1. The molecule has 0 radical (unpaired) electrons. The van der Waals surface area contributed by atoms with Crippen molar-refractivity contribution >= 4 is 5.97 Å². The zero-order valence-electron chi connectivity index (χ0n) is 23.7. The fraction of sp³-hybridized carbons (Fsp3) is 0.562. The van der Waals surface area contributed by atoms with Crippen molar-refractivity contribution in [3.05, 3.63) is 70.5 Å². The normalized spacial score (nSPS) is 21.7. The zero-order chi connectivity index (χ0) is 29.7. The number of carboxylic acid groups (broad SMARTS) is 1. The first-order valence-corrected chi connectivity index (χ1v) is 14.5. The molecule has 2 aliphatic rings. The molecule has 2 heterocycles. The number of halogens is 4. The lowest BCUT2D eigenvalue weighted by atomic mass is 9.86. The van der Waals surface area contributed by atoms with Gasteiger partial charge in [-0.1, -0.05) is 38.5 Å². The summed E-state index contributed by atoms with van der Waals surface area (Å²) in [6.45, 7) is 7.73. The van der Waals surface area contributed by atoms with E-state index in [0.717, 1.165) is 56.9 Å². The smallest absolute Gasteiger partial charge is 0.417 e. The average molecular weight is 574 g/mol. The number of benzene rings is 2. The van der Waals surface area contributed by atoms with E-state index in [2.05, 4.69) is 4.90 Å². The number of nitrogens with zero attached hydrogens (tertiary/aromatic N) is 3. The molecule has 0 unspecified atom stereocenters. The highest BCUT2D eigenvalue weighted by Crippen LogP contribution is 2.37. The van der Waals surface area contributed by atoms with Crippen molar-refractivity contribution in [3.8, 4) is 6.07 Å². The molecule has 1 N–H and O–H groups in total. The first-order valence-electron chi connectivity index (χ1n) is 14.5. The van der Waals surface area contributed by atoms with Crippen molar-refractivity contribution in [1.29, 1.82) is 5.26 Å². The Labute approximate surface area is 239 Å². The van der Waals surface area contributed by atoms with Crippen LogP contribution in [-0.2, 0) is 17.4 Å². The molecular formula is C32H39F4N3O2. The highest BCUT2D eigenvalue weighted by molar-refractivity contribution is 5.73. The second-order valence-electron chi connectivity index (χ2n) is 12.0. The Morgan fingerprint density at radius 3 is 2.46 bits per heavy atom. The topological polar surface area (TPSA) is 67.6 Å². The number of likely N-dealkylation sites (tertiary alicyclic amines) is 2. The fourth-order valence-corrected chi connectivity index (χ4v) is 6.76. The van der Waals surface area contributed by atoms with E-state index < -0.39 is 23.8 Å². The fourth-order valence-electron chi connectivity index (χ4n) is 6.76. The van der Waals surface area contributed by atoms with Crippen molar-refractivity contribution in [1.82, 2.24) is 9.80 Å². The summed E-state index contributed by atoms with van der Waals surface area (Å²) in [6, 6.07) is 11.7. The van der Waals surface area contributed by atoms with Gasteiger partial charge in [-0.2, -0.15) is 18.4 Å². The predicted octanol–water partition coefficient (Wildman–Crippen LogP) is 6.58. The van der Waals surface area contributed by atoms with Crippen LogP contribution in [0.2, 0.25) is 0 Å². The lowest BCUT2D eigenvalue weighted by Gasteiger charge is -2.35. The van der Waals surface area contributed by atoms with Crippen LogP contribution >= 0.6 is 0 Å². The van der Waals surface area contributed by atoms with Crippen LogP contribution in [0.25, 0.3) is 0 Å². The van der Waals surface area contributed by atoms with E-state index in [1.165, 1.54) is 12.1 Å². The predicted molar refractivity (Wildman–Crippen MR) is 149 cm³/mol. The van der Waals surface area contributed by atoms with Crippen LogP contribution in [0.1, 0.15) is 67.7 Å². The molecule has 0 amide bonds. The largest absolute Gasteiger partial charge is 0.480 e. The molecule has 2 aliphatic heterocycles. The summed E-state index contributed by atoms with van der Waals surface area (Å²) in [5.74, 6) is -0.404. The van der Waals surface area contributed by atoms with Gasteiger partial charge in [0.25, 0.3) is 0 Å². The summed E-state index contributed by atoms with van der Waals surface area (Å²) >= 11 is 0. The molecule has 0 saturated carbocycles. The van der Waals surface area contributed by atoms with Gasteiger partial charge >= 0.3 is 12.1 Å². The monoisotopic (exact) mass is 573 g/mol. The maximum Gasteiger partial charge on any atom is 0.417 e. The highest BCUT2D eigenvalue weighted by atomic mass is 19.4. The van der Waals surface area contributed by atoms with Crippen molar-refractivity contribution in [2.24, 2.45) is 17.8 Å². The van der Waals surface area contributed by atoms with Gasteiger partial charge in [-0.15, -0.1) is 0 Å². The van der Waals surface area contributed by atoms with Crippen LogP contribution in [0.4, 0.5) is 17.6 Å². The van der Waals surface area contributed by atoms with E-state index in [1.807, 2.05) is 24.8 Å². The quantitative estimate of drug-likeness (QED) is 0.326. The summed E-state index contributed by atoms with van der Waals surface area (Å²) in [7, 11) is 0. The molecule has 5 nitrogen and oxygen atoms in total. The Hall–Kier alpha value is -2.96. The van der Waals surface area contributed by atoms with E-state index in [9.17, 15) is 27.5 Å². The molecule has 2 aromatic rings. The average Bonchev–Trinajstić information content (AvgIpc) is 3.31. The number of rotatable bonds is 10. The molecule has 2 aromatic carbocycles. The van der Waals surface area contributed by atoms with E-state index in [4.69, 9.17) is 5.26 Å². The standard InChI is InChI=1S/C32H39F4N3O2/c1-21(2)30(31(40)41)39-19-26(28(20-39)24-7-4-8-27(33)16-24)18-38-13-11-22(12-14-38)5-3-6-23-9-10-25(17-37)29(15-23)32(34,35)36/h4,7-10,15-16,21-22,26,28,30H,3,5-6,11-14,18-20H2,1-2H3,(H,40,41)/t26-,28+,30+/m0/s1. The lowest BCUT2D eigenvalue weighted by Crippen LogP contribution is -2.44. The molecule has 41 heavy (non-hydrogen) atoms. The Balaban J connectivity index is 1.32. The first-order chi connectivity index (χ1) is 19.5. The second-order valence-corrected chi connectivity index (χ2v) is 12.0. The van der Waals surface area contributed by atoms with Gasteiger partial charge in [0.2, 0.25) is 0 Å². The SMILES string of the molecule is CC(C)[C@H](C(=O)O)N1C[C@H](CN2CCC(CCCc3ccc(C#N)c(C(F)(F)F)c3)CC2)[C@@H](c2cccc(F)c2)C1. The van der Waals surface area contributed by atoms with Gasteiger partial charge in [-0.3, -0.25) is 9.69 Å². The first kappa shape index (κ1) is 31.0. The number of carbonyl (C=O) groups is 1. The van der Waals surface area contributed by atoms with Gasteiger partial charge in [0.15, 0.2) is 0 Å². The van der Waals surface area contributed by atoms with Crippen LogP contribution < -0.4 is 0 Å². The van der Waals surface area contributed by atoms with Crippen molar-refractivity contribution in [2.75, 3.05) is 32.7 Å². The third-order valence-corrected chi connectivity index (χ3v) is 8.81. The minimum absolute atomic E-state index is 0.0421. The van der Waals surface area contributed by atoms with Gasteiger partial charge in [0.05, 0.1) is 17.2 Å². The van der Waals surface area contributed by atoms with Crippen LogP contribution in [0.5, 0.6) is 0 Å². The molecule has 4 rings (SSSR count). The molecule has 0 spiro atoms. The molecule has 0 aliphatic carbocycles.